The Labute approximate surface area is 105 Å². The van der Waals surface area contributed by atoms with Gasteiger partial charge in [-0.3, -0.25) is 4.98 Å². The molecule has 0 aliphatic carbocycles. The van der Waals surface area contributed by atoms with Crippen LogP contribution in [0.1, 0.15) is 23.7 Å². The van der Waals surface area contributed by atoms with E-state index < -0.39 is 6.17 Å². The van der Waals surface area contributed by atoms with Gasteiger partial charge in [-0.05, 0) is 24.6 Å². The first-order valence-electron chi connectivity index (χ1n) is 5.71. The first-order chi connectivity index (χ1) is 8.71. The second-order valence-corrected chi connectivity index (χ2v) is 3.99. The first-order valence-corrected chi connectivity index (χ1v) is 5.71. The minimum atomic E-state index is -1.22. The highest BCUT2D eigenvalue weighted by atomic mass is 19.1. The number of ether oxygens (including phenoxy) is 1. The van der Waals surface area contributed by atoms with Crippen LogP contribution >= 0.6 is 0 Å². The third-order valence-corrected chi connectivity index (χ3v) is 2.94. The Morgan fingerprint density at radius 1 is 1.50 bits per heavy atom. The molecule has 0 aliphatic heterocycles. The van der Waals surface area contributed by atoms with Crippen molar-refractivity contribution in [3.05, 3.63) is 42.4 Å². The highest BCUT2D eigenvalue weighted by molar-refractivity contribution is 5.85. The van der Waals surface area contributed by atoms with Crippen molar-refractivity contribution in [2.45, 2.75) is 19.2 Å². The molecule has 4 heteroatoms. The van der Waals surface area contributed by atoms with Gasteiger partial charge < -0.3 is 9.84 Å². The minimum absolute atomic E-state index is 0.114. The van der Waals surface area contributed by atoms with Gasteiger partial charge in [0, 0.05) is 22.7 Å². The Balaban J connectivity index is 2.73. The smallest absolute Gasteiger partial charge is 0.126 e. The number of hydrogen-bond acceptors (Lipinski definition) is 3. The largest absolute Gasteiger partial charge is 0.497 e. The molecule has 1 heterocycles. The molecule has 0 fully saturated rings. The fraction of sp³-hybridized carbons (Fsp3) is 0.286. The number of nitrogens with zero attached hydrogens (tertiary/aromatic N) is 1. The fourth-order valence-electron chi connectivity index (χ4n) is 2.00. The van der Waals surface area contributed by atoms with Crippen molar-refractivity contribution >= 4 is 10.9 Å². The van der Waals surface area contributed by atoms with Gasteiger partial charge in [-0.2, -0.15) is 0 Å². The molecule has 1 atom stereocenters. The van der Waals surface area contributed by atoms with Gasteiger partial charge in [0.25, 0.3) is 0 Å². The van der Waals surface area contributed by atoms with E-state index in [4.69, 9.17) is 4.74 Å². The molecule has 95 valence electrons. The Hall–Kier alpha value is -1.68. The van der Waals surface area contributed by atoms with Crippen LogP contribution in [0.25, 0.3) is 10.9 Å². The molecule has 2 aromatic rings. The summed E-state index contributed by atoms with van der Waals surface area (Å²) in [5.74, 6) is 0.636. The molecule has 0 spiro atoms. The average molecular weight is 248 g/mol. The van der Waals surface area contributed by atoms with Crippen molar-refractivity contribution in [3.8, 4) is 5.75 Å². The van der Waals surface area contributed by atoms with Crippen LogP contribution in [-0.4, -0.2) is 17.2 Å². The van der Waals surface area contributed by atoms with Crippen LogP contribution in [0.5, 0.6) is 5.75 Å². The van der Waals surface area contributed by atoms with Crippen molar-refractivity contribution in [2.24, 2.45) is 0 Å². The Kier molecular flexibility index (Phi) is 3.77. The Morgan fingerprint density at radius 3 is 2.89 bits per heavy atom. The van der Waals surface area contributed by atoms with Crippen molar-refractivity contribution in [3.63, 3.8) is 0 Å². The molecule has 1 N–H and O–H groups in total. The minimum Gasteiger partial charge on any atom is -0.497 e. The molecule has 2 rings (SSSR count). The number of aliphatic hydroxyl groups is 1. The molecule has 1 aromatic carbocycles. The zero-order chi connectivity index (χ0) is 13.1. The highest BCUT2D eigenvalue weighted by Crippen LogP contribution is 2.32. The van der Waals surface area contributed by atoms with Crippen molar-refractivity contribution in [1.29, 1.82) is 0 Å². The van der Waals surface area contributed by atoms with Gasteiger partial charge in [0.1, 0.15) is 11.9 Å². The van der Waals surface area contributed by atoms with E-state index in [-0.39, 0.29) is 13.0 Å². The standard InChI is InChI=1S/C14H15FNO2/c1-3-12(15)14-9(8-17)7-16-13-5-4-10(18-2)6-11(13)14/h4-7,12,17H,1,3,8H2,2H3. The number of methoxy groups -OCH3 is 1. The normalized spacial score (nSPS) is 12.7. The van der Waals surface area contributed by atoms with Crippen LogP contribution < -0.4 is 4.74 Å². The number of alkyl halides is 1. The quantitative estimate of drug-likeness (QED) is 0.904. The van der Waals surface area contributed by atoms with Crippen molar-refractivity contribution in [1.82, 2.24) is 4.98 Å². The van der Waals surface area contributed by atoms with E-state index in [0.717, 1.165) is 0 Å². The zero-order valence-corrected chi connectivity index (χ0v) is 10.2. The second-order valence-electron chi connectivity index (χ2n) is 3.99. The number of hydrogen-bond donors (Lipinski definition) is 1. The van der Waals surface area contributed by atoms with Gasteiger partial charge in [0.05, 0.1) is 19.2 Å². The molecule has 0 aliphatic rings. The third kappa shape index (κ3) is 2.16. The molecule has 18 heavy (non-hydrogen) atoms. The molecule has 1 radical (unpaired) electrons. The lowest BCUT2D eigenvalue weighted by Gasteiger charge is -2.14. The number of aliphatic hydroxyl groups excluding tert-OH is 1. The summed E-state index contributed by atoms with van der Waals surface area (Å²) in [6.45, 7) is 3.34. The molecule has 1 aromatic heterocycles. The number of fused-ring (bicyclic) bond motifs is 1. The van der Waals surface area contributed by atoms with E-state index >= 15 is 0 Å². The molecular weight excluding hydrogens is 233 g/mol. The van der Waals surface area contributed by atoms with E-state index in [1.165, 1.54) is 6.20 Å². The third-order valence-electron chi connectivity index (χ3n) is 2.94. The maximum atomic E-state index is 14.0. The van der Waals surface area contributed by atoms with Crippen LogP contribution in [0.4, 0.5) is 4.39 Å². The van der Waals surface area contributed by atoms with Crippen molar-refractivity contribution < 1.29 is 14.2 Å². The number of halogens is 1. The highest BCUT2D eigenvalue weighted by Gasteiger charge is 2.17. The van der Waals surface area contributed by atoms with Gasteiger partial charge in [-0.25, -0.2) is 4.39 Å². The summed E-state index contributed by atoms with van der Waals surface area (Å²) >= 11 is 0. The summed E-state index contributed by atoms with van der Waals surface area (Å²) in [6, 6.07) is 5.28. The molecule has 0 saturated heterocycles. The Morgan fingerprint density at radius 2 is 2.28 bits per heavy atom. The van der Waals surface area contributed by atoms with Crippen LogP contribution in [-0.2, 0) is 6.61 Å². The number of pyridine rings is 1. The summed E-state index contributed by atoms with van der Waals surface area (Å²) in [6.07, 6.45) is 0.403. The number of rotatable bonds is 4. The first kappa shape index (κ1) is 12.8. The predicted molar refractivity (Wildman–Crippen MR) is 68.0 cm³/mol. The van der Waals surface area contributed by atoms with Gasteiger partial charge >= 0.3 is 0 Å². The lowest BCUT2D eigenvalue weighted by molar-refractivity contribution is 0.273. The molecular formula is C14H15FNO2. The van der Waals surface area contributed by atoms with Gasteiger partial charge in [-0.1, -0.05) is 6.92 Å². The van der Waals surface area contributed by atoms with Gasteiger partial charge in [0.2, 0.25) is 0 Å². The summed E-state index contributed by atoms with van der Waals surface area (Å²) in [7, 11) is 1.55. The molecule has 3 nitrogen and oxygen atoms in total. The van der Waals surface area contributed by atoms with Crippen molar-refractivity contribution in [2.75, 3.05) is 7.11 Å². The Bertz CT molecular complexity index is 551. The van der Waals surface area contributed by atoms with E-state index in [0.29, 0.717) is 27.8 Å². The maximum absolute atomic E-state index is 14.0. The second kappa shape index (κ2) is 5.31. The lowest BCUT2D eigenvalue weighted by atomic mass is 9.98. The van der Waals surface area contributed by atoms with E-state index in [9.17, 15) is 9.50 Å². The summed E-state index contributed by atoms with van der Waals surface area (Å²) < 4.78 is 19.2. The van der Waals surface area contributed by atoms with E-state index in [1.54, 1.807) is 25.3 Å². The molecule has 0 saturated carbocycles. The van der Waals surface area contributed by atoms with Crippen LogP contribution in [0.2, 0.25) is 0 Å². The molecule has 0 amide bonds. The molecule has 1 unspecified atom stereocenters. The topological polar surface area (TPSA) is 42.4 Å². The van der Waals surface area contributed by atoms with Gasteiger partial charge in [0.15, 0.2) is 0 Å². The summed E-state index contributed by atoms with van der Waals surface area (Å²) in [4.78, 5) is 4.20. The number of benzene rings is 1. The fourth-order valence-corrected chi connectivity index (χ4v) is 2.00. The SMILES string of the molecule is [CH2]CC(F)c1c(CO)cnc2ccc(OC)cc12. The van der Waals surface area contributed by atoms with E-state index in [1.807, 2.05) is 0 Å². The van der Waals surface area contributed by atoms with Crippen LogP contribution in [0.15, 0.2) is 24.4 Å². The van der Waals surface area contributed by atoms with E-state index in [2.05, 4.69) is 11.9 Å². The maximum Gasteiger partial charge on any atom is 0.126 e. The summed E-state index contributed by atoms with van der Waals surface area (Å²) in [5.41, 5.74) is 1.63. The van der Waals surface area contributed by atoms with Crippen LogP contribution in [0, 0.1) is 6.92 Å². The zero-order valence-electron chi connectivity index (χ0n) is 10.2. The predicted octanol–water partition coefficient (Wildman–Crippen LogP) is 2.97. The summed E-state index contributed by atoms with van der Waals surface area (Å²) in [5, 5.41) is 9.95. The number of aromatic nitrogens is 1. The monoisotopic (exact) mass is 248 g/mol. The lowest BCUT2D eigenvalue weighted by Crippen LogP contribution is -2.01. The van der Waals surface area contributed by atoms with Gasteiger partial charge in [-0.15, -0.1) is 0 Å². The average Bonchev–Trinajstić information content (AvgIpc) is 2.44. The molecule has 0 bridgehead atoms. The van der Waals surface area contributed by atoms with Crippen LogP contribution in [0.3, 0.4) is 0 Å².